The van der Waals surface area contributed by atoms with E-state index in [9.17, 15) is 9.59 Å². The molecule has 0 fully saturated rings. The number of anilines is 2. The van der Waals surface area contributed by atoms with Crippen molar-refractivity contribution in [1.82, 2.24) is 0 Å². The molecule has 0 atom stereocenters. The van der Waals surface area contributed by atoms with Crippen LogP contribution >= 0.6 is 23.4 Å². The Balaban J connectivity index is 1.90. The second kappa shape index (κ2) is 8.76. The Hall–Kier alpha value is -1.98. The van der Waals surface area contributed by atoms with Crippen molar-refractivity contribution < 1.29 is 9.59 Å². The number of nitrogens with one attached hydrogen (secondary N) is 2. The van der Waals surface area contributed by atoms with Gasteiger partial charge < -0.3 is 10.6 Å². The topological polar surface area (TPSA) is 58.2 Å². The molecule has 0 aromatic heterocycles. The molecule has 2 aromatic rings. The van der Waals surface area contributed by atoms with E-state index in [0.29, 0.717) is 22.2 Å². The van der Waals surface area contributed by atoms with Gasteiger partial charge in [0.05, 0.1) is 17.1 Å². The molecule has 0 heterocycles. The van der Waals surface area contributed by atoms with E-state index in [1.807, 2.05) is 6.92 Å². The van der Waals surface area contributed by atoms with E-state index in [1.54, 1.807) is 18.2 Å². The summed E-state index contributed by atoms with van der Waals surface area (Å²) in [6.45, 7) is 3.46. The molecule has 0 saturated heterocycles. The van der Waals surface area contributed by atoms with Gasteiger partial charge in [0.15, 0.2) is 0 Å². The zero-order valence-corrected chi connectivity index (χ0v) is 15.1. The van der Waals surface area contributed by atoms with Crippen molar-refractivity contribution in [2.75, 3.05) is 16.4 Å². The summed E-state index contributed by atoms with van der Waals surface area (Å²) in [5.41, 5.74) is 3.43. The average molecular weight is 363 g/mol. The van der Waals surface area contributed by atoms with Crippen LogP contribution in [0.2, 0.25) is 5.02 Å². The number of hydrogen-bond donors (Lipinski definition) is 2. The highest BCUT2D eigenvalue weighted by atomic mass is 35.5. The lowest BCUT2D eigenvalue weighted by Gasteiger charge is -2.12. The van der Waals surface area contributed by atoms with Gasteiger partial charge in [-0.1, -0.05) is 41.4 Å². The Morgan fingerprint density at radius 3 is 2.42 bits per heavy atom. The van der Waals surface area contributed by atoms with E-state index in [4.69, 9.17) is 11.6 Å². The van der Waals surface area contributed by atoms with Crippen LogP contribution in [0.3, 0.4) is 0 Å². The second-order valence-electron chi connectivity index (χ2n) is 5.40. The third-order valence-electron chi connectivity index (χ3n) is 3.19. The molecule has 0 spiro atoms. The van der Waals surface area contributed by atoms with Gasteiger partial charge in [-0.05, 0) is 30.7 Å². The van der Waals surface area contributed by atoms with Crippen LogP contribution in [-0.4, -0.2) is 17.6 Å². The van der Waals surface area contributed by atoms with Crippen LogP contribution in [0.15, 0.2) is 42.5 Å². The first kappa shape index (κ1) is 18.4. The maximum Gasteiger partial charge on any atom is 0.234 e. The number of carbonyl (C=O) groups excluding carboxylic acids is 2. The number of thioether (sulfide) groups is 1. The monoisotopic (exact) mass is 362 g/mol. The molecule has 126 valence electrons. The normalized spacial score (nSPS) is 10.3. The number of amides is 2. The number of halogens is 1. The molecule has 2 amide bonds. The molecule has 0 aliphatic heterocycles. The van der Waals surface area contributed by atoms with Gasteiger partial charge in [0, 0.05) is 17.7 Å². The van der Waals surface area contributed by atoms with Gasteiger partial charge in [-0.2, -0.15) is 0 Å². The maximum atomic E-state index is 12.1. The van der Waals surface area contributed by atoms with Crippen molar-refractivity contribution in [2.24, 2.45) is 0 Å². The highest BCUT2D eigenvalue weighted by Gasteiger charge is 2.09. The summed E-state index contributed by atoms with van der Waals surface area (Å²) in [7, 11) is 0. The maximum absolute atomic E-state index is 12.1. The lowest BCUT2D eigenvalue weighted by molar-refractivity contribution is -0.115. The lowest BCUT2D eigenvalue weighted by atomic mass is 10.2. The van der Waals surface area contributed by atoms with Crippen LogP contribution < -0.4 is 10.6 Å². The van der Waals surface area contributed by atoms with Crippen molar-refractivity contribution in [2.45, 2.75) is 19.6 Å². The fourth-order valence-electron chi connectivity index (χ4n) is 2.05. The molecule has 0 unspecified atom stereocenters. The molecule has 0 aliphatic rings. The minimum absolute atomic E-state index is 0.138. The van der Waals surface area contributed by atoms with Gasteiger partial charge in [-0.15, -0.1) is 11.8 Å². The number of carbonyl (C=O) groups is 2. The van der Waals surface area contributed by atoms with Gasteiger partial charge in [0.2, 0.25) is 11.8 Å². The van der Waals surface area contributed by atoms with Crippen LogP contribution in [0.25, 0.3) is 0 Å². The summed E-state index contributed by atoms with van der Waals surface area (Å²) in [4.78, 5) is 23.3. The summed E-state index contributed by atoms with van der Waals surface area (Å²) >= 11 is 7.50. The van der Waals surface area contributed by atoms with Gasteiger partial charge in [-0.25, -0.2) is 0 Å². The number of hydrogen-bond acceptors (Lipinski definition) is 3. The van der Waals surface area contributed by atoms with Crippen LogP contribution in [0, 0.1) is 6.92 Å². The van der Waals surface area contributed by atoms with E-state index in [-0.39, 0.29) is 11.8 Å². The molecule has 2 aromatic carbocycles. The van der Waals surface area contributed by atoms with Crippen molar-refractivity contribution in [3.63, 3.8) is 0 Å². The third kappa shape index (κ3) is 5.91. The van der Waals surface area contributed by atoms with E-state index in [0.717, 1.165) is 5.75 Å². The first-order valence-corrected chi connectivity index (χ1v) is 8.97. The Morgan fingerprint density at radius 1 is 1.04 bits per heavy atom. The summed E-state index contributed by atoms with van der Waals surface area (Å²) in [5.74, 6) is 0.740. The minimum atomic E-state index is -0.207. The molecular weight excluding hydrogens is 344 g/mol. The number of aryl methyl sites for hydroxylation is 1. The first-order valence-electron chi connectivity index (χ1n) is 7.44. The zero-order valence-electron chi connectivity index (χ0n) is 13.6. The average Bonchev–Trinajstić information content (AvgIpc) is 2.51. The number of benzene rings is 2. The molecule has 0 radical (unpaired) electrons. The van der Waals surface area contributed by atoms with E-state index < -0.39 is 0 Å². The highest BCUT2D eigenvalue weighted by molar-refractivity contribution is 7.99. The molecule has 24 heavy (non-hydrogen) atoms. The predicted molar refractivity (Wildman–Crippen MR) is 102 cm³/mol. The second-order valence-corrected chi connectivity index (χ2v) is 6.82. The van der Waals surface area contributed by atoms with Crippen molar-refractivity contribution in [3.05, 3.63) is 58.6 Å². The van der Waals surface area contributed by atoms with Crippen molar-refractivity contribution >= 4 is 46.6 Å². The van der Waals surface area contributed by atoms with Gasteiger partial charge >= 0.3 is 0 Å². The summed E-state index contributed by atoms with van der Waals surface area (Å²) in [6.07, 6.45) is 0. The SMILES string of the molecule is CC(=O)Nc1ccc(Cl)cc1NC(=O)CSCc1ccc(C)cc1. The van der Waals surface area contributed by atoms with Crippen LogP contribution in [-0.2, 0) is 15.3 Å². The Morgan fingerprint density at radius 2 is 1.75 bits per heavy atom. The van der Waals surface area contributed by atoms with E-state index in [2.05, 4.69) is 34.9 Å². The van der Waals surface area contributed by atoms with Crippen molar-refractivity contribution in [3.8, 4) is 0 Å². The smallest absolute Gasteiger partial charge is 0.234 e. The summed E-state index contributed by atoms with van der Waals surface area (Å²) in [6, 6.07) is 13.2. The standard InChI is InChI=1S/C18H19ClN2O2S/c1-12-3-5-14(6-4-12)10-24-11-18(23)21-17-9-15(19)7-8-16(17)20-13(2)22/h3-9H,10-11H2,1-2H3,(H,20,22)(H,21,23). The van der Waals surface area contributed by atoms with E-state index in [1.165, 1.54) is 29.8 Å². The molecule has 2 N–H and O–H groups in total. The molecule has 0 saturated carbocycles. The first-order chi connectivity index (χ1) is 11.4. The Kier molecular flexibility index (Phi) is 6.70. The van der Waals surface area contributed by atoms with Gasteiger partial charge in [0.1, 0.15) is 0 Å². The Labute approximate surface area is 151 Å². The van der Waals surface area contributed by atoms with Crippen LogP contribution in [0.1, 0.15) is 18.1 Å². The molecule has 4 nitrogen and oxygen atoms in total. The van der Waals surface area contributed by atoms with Crippen LogP contribution in [0.5, 0.6) is 0 Å². The van der Waals surface area contributed by atoms with Crippen LogP contribution in [0.4, 0.5) is 11.4 Å². The van der Waals surface area contributed by atoms with Crippen molar-refractivity contribution in [1.29, 1.82) is 0 Å². The largest absolute Gasteiger partial charge is 0.325 e. The molecule has 0 aliphatic carbocycles. The number of rotatable bonds is 6. The van der Waals surface area contributed by atoms with E-state index >= 15 is 0 Å². The summed E-state index contributed by atoms with van der Waals surface area (Å²) < 4.78 is 0. The highest BCUT2D eigenvalue weighted by Crippen LogP contribution is 2.26. The lowest BCUT2D eigenvalue weighted by Crippen LogP contribution is -2.16. The zero-order chi connectivity index (χ0) is 17.5. The molecule has 6 heteroatoms. The molecular formula is C18H19ClN2O2S. The predicted octanol–water partition coefficient (Wildman–Crippen LogP) is 4.48. The fourth-order valence-corrected chi connectivity index (χ4v) is 3.01. The van der Waals surface area contributed by atoms with Gasteiger partial charge in [-0.3, -0.25) is 9.59 Å². The Bertz CT molecular complexity index is 732. The summed E-state index contributed by atoms with van der Waals surface area (Å²) in [5, 5.41) is 5.96. The molecule has 2 rings (SSSR count). The molecule has 0 bridgehead atoms. The van der Waals surface area contributed by atoms with Gasteiger partial charge in [0.25, 0.3) is 0 Å². The third-order valence-corrected chi connectivity index (χ3v) is 4.43. The quantitative estimate of drug-likeness (QED) is 0.796. The fraction of sp³-hybridized carbons (Fsp3) is 0.222. The minimum Gasteiger partial charge on any atom is -0.325 e.